The zero-order valence-electron chi connectivity index (χ0n) is 13.2. The van der Waals surface area contributed by atoms with E-state index in [4.69, 9.17) is 4.74 Å². The lowest BCUT2D eigenvalue weighted by Crippen LogP contribution is -2.36. The summed E-state index contributed by atoms with van der Waals surface area (Å²) in [6.07, 6.45) is 0.978. The second-order valence-electron chi connectivity index (χ2n) is 4.68. The Morgan fingerprint density at radius 3 is 2.73 bits per heavy atom. The van der Waals surface area contributed by atoms with Crippen LogP contribution in [0.5, 0.6) is 5.75 Å². The highest BCUT2D eigenvalue weighted by Crippen LogP contribution is 2.16. The van der Waals surface area contributed by atoms with Crippen molar-refractivity contribution in [2.24, 2.45) is 4.99 Å². The van der Waals surface area contributed by atoms with Crippen molar-refractivity contribution in [1.82, 2.24) is 15.6 Å². The summed E-state index contributed by atoms with van der Waals surface area (Å²) >= 11 is 1.70. The number of thiazole rings is 1. The van der Waals surface area contributed by atoms with E-state index in [1.54, 1.807) is 25.5 Å². The number of aryl methyl sites for hydroxylation is 1. The highest BCUT2D eigenvalue weighted by Gasteiger charge is 2.05. The van der Waals surface area contributed by atoms with Crippen LogP contribution in [0.1, 0.15) is 23.2 Å². The number of guanidine groups is 1. The number of rotatable bonds is 6. The monoisotopic (exact) mass is 318 g/mol. The van der Waals surface area contributed by atoms with E-state index in [1.165, 1.54) is 0 Å². The molecule has 2 rings (SSSR count). The molecule has 2 aromatic rings. The average Bonchev–Trinajstić information content (AvgIpc) is 3.03. The first-order chi connectivity index (χ1) is 10.8. The van der Waals surface area contributed by atoms with Crippen LogP contribution in [0.3, 0.4) is 0 Å². The molecular weight excluding hydrogens is 296 g/mol. The lowest BCUT2D eigenvalue weighted by molar-refractivity contribution is 0.409. The number of hydrogen-bond donors (Lipinski definition) is 2. The number of hydrogen-bond acceptors (Lipinski definition) is 4. The Bertz CT molecular complexity index is 624. The van der Waals surface area contributed by atoms with Crippen LogP contribution >= 0.6 is 11.3 Å². The summed E-state index contributed by atoms with van der Waals surface area (Å²) in [6, 6.07) is 7.95. The maximum atomic E-state index is 5.35. The Hall–Kier alpha value is -2.08. The fourth-order valence-electron chi connectivity index (χ4n) is 2.02. The first kappa shape index (κ1) is 16.3. The number of methoxy groups -OCH3 is 1. The van der Waals surface area contributed by atoms with Gasteiger partial charge in [0.15, 0.2) is 5.96 Å². The number of nitrogens with one attached hydrogen (secondary N) is 2. The molecule has 0 unspecified atom stereocenters. The third-order valence-corrected chi connectivity index (χ3v) is 4.24. The summed E-state index contributed by atoms with van der Waals surface area (Å²) in [4.78, 5) is 8.76. The molecule has 0 aliphatic rings. The lowest BCUT2D eigenvalue weighted by Gasteiger charge is -2.13. The topological polar surface area (TPSA) is 58.5 Å². The van der Waals surface area contributed by atoms with Crippen LogP contribution < -0.4 is 15.4 Å². The van der Waals surface area contributed by atoms with Gasteiger partial charge in [0.2, 0.25) is 0 Å². The minimum atomic E-state index is 0.654. The number of ether oxygens (including phenoxy) is 1. The Morgan fingerprint density at radius 1 is 1.27 bits per heavy atom. The molecule has 0 bridgehead atoms. The second kappa shape index (κ2) is 8.38. The molecule has 1 aromatic carbocycles. The molecule has 6 heteroatoms. The van der Waals surface area contributed by atoms with Gasteiger partial charge in [0.1, 0.15) is 5.75 Å². The molecule has 0 amide bonds. The van der Waals surface area contributed by atoms with Crippen molar-refractivity contribution in [2.75, 3.05) is 14.2 Å². The molecule has 5 nitrogen and oxygen atoms in total. The number of benzene rings is 1. The molecule has 22 heavy (non-hydrogen) atoms. The van der Waals surface area contributed by atoms with E-state index >= 15 is 0 Å². The molecule has 118 valence electrons. The molecule has 0 aliphatic carbocycles. The van der Waals surface area contributed by atoms with Crippen LogP contribution in [-0.4, -0.2) is 25.1 Å². The van der Waals surface area contributed by atoms with Gasteiger partial charge < -0.3 is 15.4 Å². The van der Waals surface area contributed by atoms with Gasteiger partial charge in [0.25, 0.3) is 0 Å². The fraction of sp³-hybridized carbons (Fsp3) is 0.375. The number of aliphatic imine (C=N–C) groups is 1. The predicted molar refractivity (Wildman–Crippen MR) is 91.5 cm³/mol. The summed E-state index contributed by atoms with van der Waals surface area (Å²) < 4.78 is 5.35. The van der Waals surface area contributed by atoms with E-state index in [9.17, 15) is 0 Å². The quantitative estimate of drug-likeness (QED) is 0.635. The first-order valence-electron chi connectivity index (χ1n) is 7.26. The zero-order valence-corrected chi connectivity index (χ0v) is 14.0. The van der Waals surface area contributed by atoms with Gasteiger partial charge in [0.05, 0.1) is 24.4 Å². The van der Waals surface area contributed by atoms with Gasteiger partial charge in [-0.05, 0) is 12.5 Å². The summed E-state index contributed by atoms with van der Waals surface area (Å²) in [5.41, 5.74) is 2.14. The Labute approximate surface area is 135 Å². The molecule has 1 heterocycles. The van der Waals surface area contributed by atoms with Crippen molar-refractivity contribution in [3.8, 4) is 5.75 Å². The number of nitrogens with zero attached hydrogens (tertiary/aromatic N) is 2. The predicted octanol–water partition coefficient (Wildman–Crippen LogP) is 2.58. The third-order valence-electron chi connectivity index (χ3n) is 3.20. The first-order valence-corrected chi connectivity index (χ1v) is 8.14. The maximum absolute atomic E-state index is 5.35. The van der Waals surface area contributed by atoms with Gasteiger partial charge >= 0.3 is 0 Å². The molecule has 0 atom stereocenters. The van der Waals surface area contributed by atoms with Gasteiger partial charge in [-0.1, -0.05) is 25.1 Å². The molecule has 1 aromatic heterocycles. The van der Waals surface area contributed by atoms with Crippen molar-refractivity contribution in [3.05, 3.63) is 45.9 Å². The van der Waals surface area contributed by atoms with Crippen molar-refractivity contribution in [1.29, 1.82) is 0 Å². The molecule has 0 fully saturated rings. The summed E-state index contributed by atoms with van der Waals surface area (Å²) in [7, 11) is 3.44. The standard InChI is InChI=1S/C16H22N4OS/c1-4-15-20-13(11-22-15)10-19-16(17-2)18-9-12-7-5-6-8-14(12)21-3/h5-8,11H,4,9-10H2,1-3H3,(H2,17,18,19). The fourth-order valence-corrected chi connectivity index (χ4v) is 2.76. The van der Waals surface area contributed by atoms with E-state index < -0.39 is 0 Å². The summed E-state index contributed by atoms with van der Waals surface area (Å²) in [5.74, 6) is 1.62. The number of para-hydroxylation sites is 1. The van der Waals surface area contributed by atoms with Crippen LogP contribution in [-0.2, 0) is 19.5 Å². The molecule has 0 saturated carbocycles. The lowest BCUT2D eigenvalue weighted by atomic mass is 10.2. The van der Waals surface area contributed by atoms with E-state index in [2.05, 4.69) is 32.9 Å². The highest BCUT2D eigenvalue weighted by atomic mass is 32.1. The highest BCUT2D eigenvalue weighted by molar-refractivity contribution is 7.09. The van der Waals surface area contributed by atoms with Gasteiger partial charge in [-0.3, -0.25) is 4.99 Å². The van der Waals surface area contributed by atoms with Crippen molar-refractivity contribution < 1.29 is 4.74 Å². The smallest absolute Gasteiger partial charge is 0.191 e. The molecule has 0 spiro atoms. The van der Waals surface area contributed by atoms with E-state index in [0.717, 1.165) is 34.4 Å². The molecular formula is C16H22N4OS. The largest absolute Gasteiger partial charge is 0.496 e. The van der Waals surface area contributed by atoms with E-state index in [-0.39, 0.29) is 0 Å². The van der Waals surface area contributed by atoms with Crippen LogP contribution in [0.15, 0.2) is 34.6 Å². The molecule has 0 radical (unpaired) electrons. The van der Waals surface area contributed by atoms with E-state index in [0.29, 0.717) is 13.1 Å². The summed E-state index contributed by atoms with van der Waals surface area (Å²) in [6.45, 7) is 3.44. The van der Waals surface area contributed by atoms with Crippen LogP contribution in [0.4, 0.5) is 0 Å². The van der Waals surface area contributed by atoms with Gasteiger partial charge in [-0.2, -0.15) is 0 Å². The van der Waals surface area contributed by atoms with Crippen molar-refractivity contribution in [3.63, 3.8) is 0 Å². The molecule has 0 saturated heterocycles. The molecule has 2 N–H and O–H groups in total. The van der Waals surface area contributed by atoms with Gasteiger partial charge in [-0.25, -0.2) is 4.98 Å². The second-order valence-corrected chi connectivity index (χ2v) is 5.62. The zero-order chi connectivity index (χ0) is 15.8. The molecule has 0 aliphatic heterocycles. The van der Waals surface area contributed by atoms with Crippen molar-refractivity contribution >= 4 is 17.3 Å². The maximum Gasteiger partial charge on any atom is 0.191 e. The third kappa shape index (κ3) is 4.46. The van der Waals surface area contributed by atoms with Crippen LogP contribution in [0, 0.1) is 0 Å². The Morgan fingerprint density at radius 2 is 2.05 bits per heavy atom. The van der Waals surface area contributed by atoms with Crippen molar-refractivity contribution in [2.45, 2.75) is 26.4 Å². The van der Waals surface area contributed by atoms with Gasteiger partial charge in [0, 0.05) is 24.5 Å². The summed E-state index contributed by atoms with van der Waals surface area (Å²) in [5, 5.41) is 9.80. The van der Waals surface area contributed by atoms with Crippen LogP contribution in [0.25, 0.3) is 0 Å². The number of aromatic nitrogens is 1. The minimum Gasteiger partial charge on any atom is -0.496 e. The van der Waals surface area contributed by atoms with E-state index in [1.807, 2.05) is 24.3 Å². The Kier molecular flexibility index (Phi) is 6.21. The van der Waals surface area contributed by atoms with Crippen LogP contribution in [0.2, 0.25) is 0 Å². The average molecular weight is 318 g/mol. The van der Waals surface area contributed by atoms with Gasteiger partial charge in [-0.15, -0.1) is 11.3 Å². The SMILES string of the molecule is CCc1nc(CNC(=NC)NCc2ccccc2OC)cs1. The Balaban J connectivity index is 1.87. The minimum absolute atomic E-state index is 0.654. The normalized spacial score (nSPS) is 11.3.